The van der Waals surface area contributed by atoms with Crippen molar-refractivity contribution in [3.8, 4) is 0 Å². The zero-order chi connectivity index (χ0) is 35.5. The van der Waals surface area contributed by atoms with Crippen LogP contribution in [0.5, 0.6) is 0 Å². The number of aliphatic hydroxyl groups excluding tert-OH is 5. The summed E-state index contributed by atoms with van der Waals surface area (Å²) in [5, 5.41) is 54.1. The van der Waals surface area contributed by atoms with Crippen LogP contribution in [-0.2, 0) is 14.3 Å². The molecule has 2 fully saturated rings. The molecule has 0 bridgehead atoms. The second-order valence-corrected chi connectivity index (χ2v) is 14.9. The summed E-state index contributed by atoms with van der Waals surface area (Å²) in [5.41, 5.74) is 0. The SMILES string of the molecule is CCCCCCCCCCCCCCC[C@@H](O)[C@H](COC1OC(CO)C(O)C(O)C1O)NC(=O)CCCCCCCCCCN1CCCC1. The van der Waals surface area contributed by atoms with Gasteiger partial charge in [0.25, 0.3) is 0 Å². The van der Waals surface area contributed by atoms with E-state index in [9.17, 15) is 30.3 Å². The number of rotatable bonds is 31. The molecule has 290 valence electrons. The fourth-order valence-electron chi connectivity index (χ4n) is 7.19. The minimum absolute atomic E-state index is 0.133. The summed E-state index contributed by atoms with van der Waals surface area (Å²) in [6, 6.07) is -0.710. The van der Waals surface area contributed by atoms with Gasteiger partial charge in [-0.3, -0.25) is 4.79 Å². The Kier molecular flexibility index (Phi) is 26.0. The van der Waals surface area contributed by atoms with Gasteiger partial charge in [-0.05, 0) is 51.7 Å². The van der Waals surface area contributed by atoms with Crippen LogP contribution < -0.4 is 5.32 Å². The lowest BCUT2D eigenvalue weighted by Crippen LogP contribution is -2.60. The average Bonchev–Trinajstić information content (AvgIpc) is 3.62. The Hall–Kier alpha value is -0.850. The van der Waals surface area contributed by atoms with Crippen molar-refractivity contribution < 1.29 is 39.8 Å². The lowest BCUT2D eigenvalue weighted by Gasteiger charge is -2.40. The number of amides is 1. The number of likely N-dealkylation sites (tertiary alicyclic amines) is 1. The fraction of sp³-hybridized carbons (Fsp3) is 0.974. The van der Waals surface area contributed by atoms with E-state index < -0.39 is 49.5 Å². The number of hydrogen-bond acceptors (Lipinski definition) is 9. The van der Waals surface area contributed by atoms with Gasteiger partial charge in [-0.1, -0.05) is 129 Å². The number of carbonyl (C=O) groups is 1. The topological polar surface area (TPSA) is 152 Å². The summed E-state index contributed by atoms with van der Waals surface area (Å²) < 4.78 is 11.2. The van der Waals surface area contributed by atoms with Gasteiger partial charge in [0.2, 0.25) is 5.91 Å². The van der Waals surface area contributed by atoms with Gasteiger partial charge in [0, 0.05) is 6.42 Å². The second kappa shape index (κ2) is 28.7. The first-order valence-electron chi connectivity index (χ1n) is 20.5. The van der Waals surface area contributed by atoms with Gasteiger partial charge in [0.05, 0.1) is 25.4 Å². The number of carbonyl (C=O) groups excluding carboxylic acids is 1. The molecule has 6 N–H and O–H groups in total. The molecule has 49 heavy (non-hydrogen) atoms. The van der Waals surface area contributed by atoms with Crippen molar-refractivity contribution in [1.82, 2.24) is 10.2 Å². The normalized spacial score (nSPS) is 24.3. The van der Waals surface area contributed by atoms with Crippen LogP contribution in [0.3, 0.4) is 0 Å². The summed E-state index contributed by atoms with van der Waals surface area (Å²) in [6.07, 6.45) is 21.1. The highest BCUT2D eigenvalue weighted by atomic mass is 16.7. The van der Waals surface area contributed by atoms with Gasteiger partial charge in [-0.25, -0.2) is 0 Å². The lowest BCUT2D eigenvalue weighted by molar-refractivity contribution is -0.302. The highest BCUT2D eigenvalue weighted by Crippen LogP contribution is 2.23. The molecule has 0 aromatic rings. The molecule has 0 saturated carbocycles. The number of ether oxygens (including phenoxy) is 2. The summed E-state index contributed by atoms with van der Waals surface area (Å²) in [7, 11) is 0. The average molecular weight is 701 g/mol. The molecule has 5 unspecified atom stereocenters. The Morgan fingerprint density at radius 3 is 1.80 bits per heavy atom. The summed E-state index contributed by atoms with van der Waals surface area (Å²) >= 11 is 0. The first kappa shape index (κ1) is 44.3. The number of hydrogen-bond donors (Lipinski definition) is 6. The molecule has 2 rings (SSSR count). The molecular formula is C39H76N2O8. The van der Waals surface area contributed by atoms with E-state index in [4.69, 9.17) is 9.47 Å². The number of unbranched alkanes of at least 4 members (excludes halogenated alkanes) is 19. The van der Waals surface area contributed by atoms with Crippen molar-refractivity contribution in [3.63, 3.8) is 0 Å². The molecule has 0 aliphatic carbocycles. The van der Waals surface area contributed by atoms with Crippen molar-refractivity contribution in [2.24, 2.45) is 0 Å². The summed E-state index contributed by atoms with van der Waals surface area (Å²) in [5.74, 6) is -0.145. The van der Waals surface area contributed by atoms with Crippen molar-refractivity contribution in [2.75, 3.05) is 32.8 Å². The Labute approximate surface area is 298 Å². The molecule has 10 nitrogen and oxygen atoms in total. The quantitative estimate of drug-likeness (QED) is 0.0498. The first-order chi connectivity index (χ1) is 23.9. The molecule has 10 heteroatoms. The maximum atomic E-state index is 12.9. The van der Waals surface area contributed by atoms with E-state index in [0.29, 0.717) is 12.8 Å². The molecule has 2 saturated heterocycles. The monoisotopic (exact) mass is 701 g/mol. The van der Waals surface area contributed by atoms with E-state index in [1.54, 1.807) is 0 Å². The van der Waals surface area contributed by atoms with Gasteiger partial charge < -0.3 is 45.2 Å². The third-order valence-electron chi connectivity index (χ3n) is 10.5. The van der Waals surface area contributed by atoms with E-state index in [1.165, 1.54) is 129 Å². The highest BCUT2D eigenvalue weighted by molar-refractivity contribution is 5.76. The van der Waals surface area contributed by atoms with Crippen LogP contribution in [0.2, 0.25) is 0 Å². The van der Waals surface area contributed by atoms with Gasteiger partial charge >= 0.3 is 0 Å². The Bertz CT molecular complexity index is 784. The molecule has 0 aromatic heterocycles. The smallest absolute Gasteiger partial charge is 0.220 e. The third kappa shape index (κ3) is 20.1. The van der Waals surface area contributed by atoms with Crippen LogP contribution in [0, 0.1) is 0 Å². The van der Waals surface area contributed by atoms with E-state index in [0.717, 1.165) is 38.5 Å². The van der Waals surface area contributed by atoms with Crippen LogP contribution >= 0.6 is 0 Å². The number of nitrogens with one attached hydrogen (secondary N) is 1. The third-order valence-corrected chi connectivity index (χ3v) is 10.5. The van der Waals surface area contributed by atoms with Crippen LogP contribution in [0.15, 0.2) is 0 Å². The van der Waals surface area contributed by atoms with Crippen LogP contribution in [0.4, 0.5) is 0 Å². The Morgan fingerprint density at radius 2 is 1.24 bits per heavy atom. The molecule has 1 amide bonds. The Morgan fingerprint density at radius 1 is 0.735 bits per heavy atom. The number of nitrogens with zero attached hydrogens (tertiary/aromatic N) is 1. The van der Waals surface area contributed by atoms with Crippen LogP contribution in [-0.4, -0.2) is 112 Å². The Balaban J connectivity index is 1.66. The van der Waals surface area contributed by atoms with E-state index >= 15 is 0 Å². The molecule has 0 aromatic carbocycles. The van der Waals surface area contributed by atoms with E-state index in [1.807, 2.05) is 0 Å². The molecular weight excluding hydrogens is 624 g/mol. The second-order valence-electron chi connectivity index (χ2n) is 14.9. The highest BCUT2D eigenvalue weighted by Gasteiger charge is 2.44. The fourth-order valence-corrected chi connectivity index (χ4v) is 7.19. The maximum Gasteiger partial charge on any atom is 0.220 e. The molecule has 0 spiro atoms. The van der Waals surface area contributed by atoms with Gasteiger partial charge in [-0.15, -0.1) is 0 Å². The van der Waals surface area contributed by atoms with E-state index in [-0.39, 0.29) is 12.5 Å². The minimum atomic E-state index is -1.55. The first-order valence-corrected chi connectivity index (χ1v) is 20.5. The molecule has 2 heterocycles. The van der Waals surface area contributed by atoms with Crippen LogP contribution in [0.1, 0.15) is 167 Å². The number of aliphatic hydroxyl groups is 5. The molecule has 2 aliphatic rings. The van der Waals surface area contributed by atoms with Crippen molar-refractivity contribution in [3.05, 3.63) is 0 Å². The molecule has 7 atom stereocenters. The van der Waals surface area contributed by atoms with Crippen molar-refractivity contribution in [2.45, 2.75) is 210 Å². The molecule has 2 aliphatic heterocycles. The van der Waals surface area contributed by atoms with Gasteiger partial charge in [0.15, 0.2) is 6.29 Å². The molecule has 0 radical (unpaired) electrons. The van der Waals surface area contributed by atoms with Crippen molar-refractivity contribution >= 4 is 5.91 Å². The lowest BCUT2D eigenvalue weighted by atomic mass is 9.99. The zero-order valence-electron chi connectivity index (χ0n) is 31.2. The maximum absolute atomic E-state index is 12.9. The predicted molar refractivity (Wildman–Crippen MR) is 195 cm³/mol. The standard InChI is InChI=1S/C39H76N2O8/c1-2-3-4-5-6-7-8-9-10-11-14-17-20-25-33(43)32(31-48-39-38(47)37(46)36(45)34(30-42)49-39)40-35(44)26-21-18-15-12-13-16-19-22-27-41-28-23-24-29-41/h32-34,36-39,42-43,45-47H,2-31H2,1H3,(H,40,44)/t32-,33+,34?,36?,37?,38?,39?/m0/s1. The predicted octanol–water partition coefficient (Wildman–Crippen LogP) is 5.74. The zero-order valence-corrected chi connectivity index (χ0v) is 31.2. The minimum Gasteiger partial charge on any atom is -0.394 e. The largest absolute Gasteiger partial charge is 0.394 e. The van der Waals surface area contributed by atoms with Gasteiger partial charge in [0.1, 0.15) is 24.4 Å². The summed E-state index contributed by atoms with van der Waals surface area (Å²) in [4.78, 5) is 15.5. The van der Waals surface area contributed by atoms with Gasteiger partial charge in [-0.2, -0.15) is 0 Å². The van der Waals surface area contributed by atoms with Crippen LogP contribution in [0.25, 0.3) is 0 Å². The van der Waals surface area contributed by atoms with E-state index in [2.05, 4.69) is 17.1 Å². The summed E-state index contributed by atoms with van der Waals surface area (Å²) in [6.45, 7) is 5.37. The van der Waals surface area contributed by atoms with Crippen molar-refractivity contribution in [1.29, 1.82) is 0 Å².